The van der Waals surface area contributed by atoms with Crippen LogP contribution in [0.1, 0.15) is 149 Å². The number of amides is 1. The predicted octanol–water partition coefficient (Wildman–Crippen LogP) is 6.66. The van der Waals surface area contributed by atoms with E-state index in [-0.39, 0.29) is 24.6 Å². The maximum atomic E-state index is 11.9. The quantitative estimate of drug-likeness (QED) is 0.102. The summed E-state index contributed by atoms with van der Waals surface area (Å²) >= 11 is 0. The van der Waals surface area contributed by atoms with Crippen molar-refractivity contribution in [3.63, 3.8) is 0 Å². The van der Waals surface area contributed by atoms with Gasteiger partial charge < -0.3 is 9.84 Å². The number of aliphatic carboxylic acids is 1. The Morgan fingerprint density at radius 3 is 1.43 bits per heavy atom. The molecule has 0 rings (SSSR count). The van der Waals surface area contributed by atoms with E-state index in [1.54, 1.807) is 0 Å². The number of nitrogens with one attached hydrogen (secondary N) is 1. The molecule has 9 heteroatoms. The largest absolute Gasteiger partial charge is 0.481 e. The fourth-order valence-electron chi connectivity index (χ4n) is 4.09. The molecule has 0 unspecified atom stereocenters. The van der Waals surface area contributed by atoms with Gasteiger partial charge in [0.2, 0.25) is 15.9 Å². The molecule has 0 saturated heterocycles. The molecular formula is C28H53NO7S. The molecule has 0 fully saturated rings. The lowest BCUT2D eigenvalue weighted by Crippen LogP contribution is -2.32. The monoisotopic (exact) mass is 547 g/mol. The number of unbranched alkanes of at least 4 members (excludes halogenated alkanes) is 15. The van der Waals surface area contributed by atoms with Gasteiger partial charge in [0, 0.05) is 19.3 Å². The van der Waals surface area contributed by atoms with E-state index in [1.165, 1.54) is 51.4 Å². The molecular weight excluding hydrogens is 494 g/mol. The summed E-state index contributed by atoms with van der Waals surface area (Å²) in [6, 6.07) is 0. The van der Waals surface area contributed by atoms with Gasteiger partial charge in [-0.1, -0.05) is 83.5 Å². The number of carbonyl (C=O) groups is 3. The summed E-state index contributed by atoms with van der Waals surface area (Å²) in [5, 5.41) is 8.57. The molecule has 0 aromatic rings. The molecule has 0 aromatic heterocycles. The van der Waals surface area contributed by atoms with Crippen LogP contribution in [0.3, 0.4) is 0 Å². The van der Waals surface area contributed by atoms with Crippen LogP contribution >= 0.6 is 0 Å². The van der Waals surface area contributed by atoms with E-state index >= 15 is 0 Å². The summed E-state index contributed by atoms with van der Waals surface area (Å²) in [6.45, 7) is 5.69. The molecule has 8 nitrogen and oxygen atoms in total. The predicted molar refractivity (Wildman–Crippen MR) is 148 cm³/mol. The summed E-state index contributed by atoms with van der Waals surface area (Å²) < 4.78 is 31.2. The molecule has 0 spiro atoms. The Bertz CT molecular complexity index is 729. The fourth-order valence-corrected chi connectivity index (χ4v) is 5.22. The Morgan fingerprint density at radius 2 is 1.00 bits per heavy atom. The molecule has 1 amide bonds. The molecule has 0 atom stereocenters. The molecule has 0 aliphatic rings. The third-order valence-electron chi connectivity index (χ3n) is 6.03. The second-order valence-corrected chi connectivity index (χ2v) is 12.9. The summed E-state index contributed by atoms with van der Waals surface area (Å²) in [5.74, 6) is -1.57. The minimum absolute atomic E-state index is 0.0351. The number of esters is 1. The number of carboxylic acids is 1. The van der Waals surface area contributed by atoms with Gasteiger partial charge in [0.25, 0.3) is 0 Å². The Morgan fingerprint density at radius 1 is 0.622 bits per heavy atom. The van der Waals surface area contributed by atoms with Crippen molar-refractivity contribution in [2.24, 2.45) is 0 Å². The summed E-state index contributed by atoms with van der Waals surface area (Å²) in [5.41, 5.74) is -0.392. The zero-order chi connectivity index (χ0) is 28.0. The van der Waals surface area contributed by atoms with Crippen molar-refractivity contribution in [1.82, 2.24) is 4.72 Å². The minimum atomic E-state index is -3.62. The molecule has 2 N–H and O–H groups in total. The van der Waals surface area contributed by atoms with E-state index in [9.17, 15) is 22.8 Å². The van der Waals surface area contributed by atoms with Crippen molar-refractivity contribution in [3.05, 3.63) is 0 Å². The SMILES string of the molecule is CC(C)(C)OC(=O)CCCCCCCCCCCCCCCCC(=O)NS(=O)(=O)CCCCCC(=O)O. The first kappa shape index (κ1) is 35.4. The van der Waals surface area contributed by atoms with E-state index in [2.05, 4.69) is 4.72 Å². The highest BCUT2D eigenvalue weighted by Crippen LogP contribution is 2.15. The highest BCUT2D eigenvalue weighted by Gasteiger charge is 2.15. The smallest absolute Gasteiger partial charge is 0.306 e. The third-order valence-corrected chi connectivity index (χ3v) is 7.39. The van der Waals surface area contributed by atoms with Gasteiger partial charge in [-0.15, -0.1) is 0 Å². The average Bonchev–Trinajstić information content (AvgIpc) is 2.76. The molecule has 0 radical (unpaired) electrons. The molecule has 0 aliphatic heterocycles. The van der Waals surface area contributed by atoms with Gasteiger partial charge >= 0.3 is 11.9 Å². The van der Waals surface area contributed by atoms with Crippen molar-refractivity contribution < 1.29 is 32.6 Å². The van der Waals surface area contributed by atoms with Gasteiger partial charge in [-0.2, -0.15) is 0 Å². The van der Waals surface area contributed by atoms with Crippen molar-refractivity contribution in [3.8, 4) is 0 Å². The first-order valence-electron chi connectivity index (χ1n) is 14.4. The Kier molecular flexibility index (Phi) is 20.4. The van der Waals surface area contributed by atoms with Crippen LogP contribution in [0.25, 0.3) is 0 Å². The Labute approximate surface area is 225 Å². The van der Waals surface area contributed by atoms with Crippen LogP contribution in [-0.2, 0) is 29.1 Å². The van der Waals surface area contributed by atoms with E-state index in [1.807, 2.05) is 20.8 Å². The van der Waals surface area contributed by atoms with Crippen molar-refractivity contribution in [1.29, 1.82) is 0 Å². The van der Waals surface area contributed by atoms with Crippen LogP contribution in [0.5, 0.6) is 0 Å². The Hall–Kier alpha value is -1.64. The number of sulfonamides is 1. The number of hydrogen-bond donors (Lipinski definition) is 2. The summed E-state index contributed by atoms with van der Waals surface area (Å²) in [4.78, 5) is 33.9. The van der Waals surface area contributed by atoms with Crippen LogP contribution in [0, 0.1) is 0 Å². The Balaban J connectivity index is 3.44. The van der Waals surface area contributed by atoms with Gasteiger partial charge in [0.1, 0.15) is 5.60 Å². The van der Waals surface area contributed by atoms with Gasteiger partial charge in [-0.25, -0.2) is 8.42 Å². The van der Waals surface area contributed by atoms with E-state index in [0.717, 1.165) is 32.1 Å². The molecule has 0 aromatic carbocycles. The standard InChI is InChI=1S/C28H53NO7S/c1-28(2,3)36-27(33)23-19-15-13-11-9-7-5-4-6-8-10-12-14-17-21-25(30)29-37(34,35)24-20-16-18-22-26(31)32/h4-24H2,1-3H3,(H,29,30)(H,31,32). The maximum Gasteiger partial charge on any atom is 0.306 e. The third kappa shape index (κ3) is 27.2. The maximum absolute atomic E-state index is 11.9. The van der Waals surface area contributed by atoms with Crippen molar-refractivity contribution in [2.45, 2.75) is 155 Å². The van der Waals surface area contributed by atoms with E-state index in [4.69, 9.17) is 9.84 Å². The molecule has 0 heterocycles. The van der Waals surface area contributed by atoms with Crippen LogP contribution in [0.2, 0.25) is 0 Å². The molecule has 37 heavy (non-hydrogen) atoms. The fraction of sp³-hybridized carbons (Fsp3) is 0.893. The van der Waals surface area contributed by atoms with Crippen LogP contribution in [0.4, 0.5) is 0 Å². The molecule has 0 saturated carbocycles. The number of rotatable bonds is 24. The normalized spacial score (nSPS) is 11.9. The van der Waals surface area contributed by atoms with Crippen molar-refractivity contribution >= 4 is 27.9 Å². The van der Waals surface area contributed by atoms with E-state index in [0.29, 0.717) is 32.1 Å². The lowest BCUT2D eigenvalue weighted by molar-refractivity contribution is -0.155. The zero-order valence-electron chi connectivity index (χ0n) is 23.7. The van der Waals surface area contributed by atoms with Gasteiger partial charge in [-0.3, -0.25) is 19.1 Å². The highest BCUT2D eigenvalue weighted by molar-refractivity contribution is 7.90. The molecule has 0 aliphatic carbocycles. The first-order chi connectivity index (χ1) is 17.4. The van der Waals surface area contributed by atoms with Crippen LogP contribution < -0.4 is 4.72 Å². The average molecular weight is 548 g/mol. The van der Waals surface area contributed by atoms with Gasteiger partial charge in [0.05, 0.1) is 5.75 Å². The van der Waals surface area contributed by atoms with Gasteiger partial charge in [0.15, 0.2) is 0 Å². The number of carboxylic acid groups (broad SMARTS) is 1. The van der Waals surface area contributed by atoms with Crippen LogP contribution in [0.15, 0.2) is 0 Å². The summed E-state index contributed by atoms with van der Waals surface area (Å²) in [6.07, 6.45) is 17.8. The number of hydrogen-bond acceptors (Lipinski definition) is 6. The first-order valence-corrected chi connectivity index (χ1v) is 16.0. The second-order valence-electron chi connectivity index (χ2n) is 11.1. The minimum Gasteiger partial charge on any atom is -0.481 e. The summed E-state index contributed by atoms with van der Waals surface area (Å²) in [7, 11) is -3.62. The van der Waals surface area contributed by atoms with E-state index < -0.39 is 27.5 Å². The second kappa shape index (κ2) is 21.3. The van der Waals surface area contributed by atoms with Crippen molar-refractivity contribution in [2.75, 3.05) is 5.75 Å². The molecule has 218 valence electrons. The number of ether oxygens (including phenoxy) is 1. The molecule has 0 bridgehead atoms. The van der Waals surface area contributed by atoms with Gasteiger partial charge in [-0.05, 0) is 46.5 Å². The topological polar surface area (TPSA) is 127 Å². The number of carbonyl (C=O) groups excluding carboxylic acids is 2. The van der Waals surface area contributed by atoms with Crippen LogP contribution in [-0.4, -0.2) is 42.7 Å². The lowest BCUT2D eigenvalue weighted by atomic mass is 10.0. The lowest BCUT2D eigenvalue weighted by Gasteiger charge is -2.19. The highest BCUT2D eigenvalue weighted by atomic mass is 32.2. The zero-order valence-corrected chi connectivity index (χ0v) is 24.5.